The first-order valence-electron chi connectivity index (χ1n) is 11.1. The largest absolute Gasteiger partial charge is 0.494 e. The zero-order valence-electron chi connectivity index (χ0n) is 18.6. The van der Waals surface area contributed by atoms with Gasteiger partial charge >= 0.3 is 7.12 Å². The van der Waals surface area contributed by atoms with Gasteiger partial charge in [0.05, 0.1) is 29.1 Å². The molecule has 0 aliphatic carbocycles. The molecule has 5 rings (SSSR count). The van der Waals surface area contributed by atoms with Crippen LogP contribution in [0.4, 0.5) is 0 Å². The third-order valence-corrected chi connectivity index (χ3v) is 8.20. The number of nitrogens with one attached hydrogen (secondary N) is 1. The van der Waals surface area contributed by atoms with E-state index < -0.39 is 0 Å². The number of nitrogens with zero attached hydrogens (tertiary/aromatic N) is 2. The van der Waals surface area contributed by atoms with Crippen molar-refractivity contribution in [3.63, 3.8) is 0 Å². The summed E-state index contributed by atoms with van der Waals surface area (Å²) in [6.45, 7) is 9.47. The molecule has 3 aromatic rings. The number of benzene rings is 2. The molecular formula is C24H29BIN3O2. The Bertz CT molecular complexity index is 1100. The highest BCUT2D eigenvalue weighted by molar-refractivity contribution is 14.1. The maximum atomic E-state index is 6.22. The molecule has 0 radical (unpaired) electrons. The maximum Gasteiger partial charge on any atom is 0.494 e. The standard InChI is InChI=1S/C24H29BIN3O2/c1-23(2)24(3,4)31-25(30-23)19-11-10-16-13-18(9-8-17(16)14-19)20-15-27-22(28-20)21-7-5-6-12-29(21)26/h8-11,13-15,21H,5-7,12H2,1-4H3,(H,27,28). The number of imidazole rings is 1. The average molecular weight is 529 g/mol. The number of hydrogen-bond donors (Lipinski definition) is 1. The van der Waals surface area contributed by atoms with Crippen molar-refractivity contribution in [1.29, 1.82) is 0 Å². The van der Waals surface area contributed by atoms with Crippen LogP contribution in [-0.2, 0) is 9.31 Å². The van der Waals surface area contributed by atoms with Crippen LogP contribution in [0.1, 0.15) is 58.8 Å². The highest BCUT2D eigenvalue weighted by Crippen LogP contribution is 2.37. The van der Waals surface area contributed by atoms with Gasteiger partial charge in [-0.2, -0.15) is 0 Å². The summed E-state index contributed by atoms with van der Waals surface area (Å²) in [6, 6.07) is 13.4. The van der Waals surface area contributed by atoms with Gasteiger partial charge in [0.25, 0.3) is 0 Å². The fourth-order valence-electron chi connectivity index (χ4n) is 4.38. The summed E-state index contributed by atoms with van der Waals surface area (Å²) in [5, 5.41) is 2.38. The minimum atomic E-state index is -0.337. The lowest BCUT2D eigenvalue weighted by Gasteiger charge is -2.32. The number of rotatable bonds is 3. The molecule has 2 aliphatic heterocycles. The molecule has 1 aromatic heterocycles. The summed E-state index contributed by atoms with van der Waals surface area (Å²) >= 11 is 2.43. The number of piperidine rings is 1. The van der Waals surface area contributed by atoms with Crippen LogP contribution < -0.4 is 5.46 Å². The van der Waals surface area contributed by atoms with E-state index in [2.05, 4.69) is 95.1 Å². The molecule has 2 saturated heterocycles. The third-order valence-electron chi connectivity index (χ3n) is 7.05. The number of aromatic nitrogens is 2. The van der Waals surface area contributed by atoms with Crippen molar-refractivity contribution in [2.24, 2.45) is 0 Å². The molecule has 0 amide bonds. The molecule has 0 spiro atoms. The molecule has 162 valence electrons. The second-order valence-corrected chi connectivity index (χ2v) is 11.0. The lowest BCUT2D eigenvalue weighted by molar-refractivity contribution is 0.00578. The zero-order chi connectivity index (χ0) is 21.8. The minimum absolute atomic E-state index is 0.333. The number of aromatic amines is 1. The Morgan fingerprint density at radius 2 is 1.74 bits per heavy atom. The first kappa shape index (κ1) is 21.4. The molecule has 31 heavy (non-hydrogen) atoms. The van der Waals surface area contributed by atoms with Crippen molar-refractivity contribution in [2.45, 2.75) is 64.2 Å². The van der Waals surface area contributed by atoms with Crippen molar-refractivity contribution in [3.8, 4) is 11.3 Å². The van der Waals surface area contributed by atoms with E-state index in [1.807, 2.05) is 6.20 Å². The van der Waals surface area contributed by atoms with Crippen molar-refractivity contribution in [3.05, 3.63) is 48.4 Å². The molecule has 5 nitrogen and oxygen atoms in total. The van der Waals surface area contributed by atoms with Crippen molar-refractivity contribution >= 4 is 46.2 Å². The Morgan fingerprint density at radius 3 is 2.48 bits per heavy atom. The Kier molecular flexibility index (Phi) is 5.44. The smallest absolute Gasteiger partial charge is 0.399 e. The van der Waals surface area contributed by atoms with Gasteiger partial charge in [0.1, 0.15) is 5.82 Å². The lowest BCUT2D eigenvalue weighted by Crippen LogP contribution is -2.41. The molecule has 0 bridgehead atoms. The minimum Gasteiger partial charge on any atom is -0.399 e. The molecule has 1 unspecified atom stereocenters. The van der Waals surface area contributed by atoms with Crippen LogP contribution in [0.5, 0.6) is 0 Å². The van der Waals surface area contributed by atoms with E-state index in [0.29, 0.717) is 6.04 Å². The van der Waals surface area contributed by atoms with Gasteiger partial charge in [-0.25, -0.2) is 8.10 Å². The molecule has 1 atom stereocenters. The Hall–Kier alpha value is -1.42. The third kappa shape index (κ3) is 3.94. The monoisotopic (exact) mass is 529 g/mol. The topological polar surface area (TPSA) is 50.4 Å². The highest BCUT2D eigenvalue weighted by atomic mass is 127. The number of H-pyrrole nitrogens is 1. The Morgan fingerprint density at radius 1 is 1.03 bits per heavy atom. The fraction of sp³-hybridized carbons (Fsp3) is 0.458. The van der Waals surface area contributed by atoms with Crippen molar-refractivity contribution < 1.29 is 9.31 Å². The summed E-state index contributed by atoms with van der Waals surface area (Å²) in [7, 11) is -0.337. The lowest BCUT2D eigenvalue weighted by atomic mass is 9.78. The van der Waals surface area contributed by atoms with Crippen LogP contribution in [-0.4, -0.2) is 37.9 Å². The van der Waals surface area contributed by atoms with Gasteiger partial charge < -0.3 is 14.3 Å². The van der Waals surface area contributed by atoms with E-state index >= 15 is 0 Å². The number of fused-ring (bicyclic) bond motifs is 1. The Labute approximate surface area is 198 Å². The molecular weight excluding hydrogens is 500 g/mol. The van der Waals surface area contributed by atoms with Crippen LogP contribution in [0.15, 0.2) is 42.6 Å². The van der Waals surface area contributed by atoms with E-state index in [-0.39, 0.29) is 18.3 Å². The molecule has 7 heteroatoms. The van der Waals surface area contributed by atoms with Gasteiger partial charge in [-0.05, 0) is 62.8 Å². The van der Waals surface area contributed by atoms with Gasteiger partial charge in [0.15, 0.2) is 0 Å². The van der Waals surface area contributed by atoms with Crippen LogP contribution in [0, 0.1) is 0 Å². The van der Waals surface area contributed by atoms with Crippen LogP contribution in [0.2, 0.25) is 0 Å². The van der Waals surface area contributed by atoms with E-state index in [1.54, 1.807) is 0 Å². The summed E-state index contributed by atoms with van der Waals surface area (Å²) in [5.41, 5.74) is 2.62. The van der Waals surface area contributed by atoms with E-state index in [9.17, 15) is 0 Å². The summed E-state index contributed by atoms with van der Waals surface area (Å²) < 4.78 is 14.8. The number of hydrogen-bond acceptors (Lipinski definition) is 4. The molecule has 2 aromatic carbocycles. The van der Waals surface area contributed by atoms with Crippen molar-refractivity contribution in [2.75, 3.05) is 6.54 Å². The molecule has 0 saturated carbocycles. The molecule has 1 N–H and O–H groups in total. The van der Waals surface area contributed by atoms with Crippen LogP contribution in [0.3, 0.4) is 0 Å². The van der Waals surface area contributed by atoms with Gasteiger partial charge in [0.2, 0.25) is 0 Å². The summed E-state index contributed by atoms with van der Waals surface area (Å²) in [6.07, 6.45) is 5.66. The van der Waals surface area contributed by atoms with E-state index in [0.717, 1.165) is 35.5 Å². The maximum absolute atomic E-state index is 6.22. The van der Waals surface area contributed by atoms with E-state index in [4.69, 9.17) is 14.3 Å². The van der Waals surface area contributed by atoms with Crippen LogP contribution in [0.25, 0.3) is 22.0 Å². The van der Waals surface area contributed by atoms with Gasteiger partial charge in [-0.1, -0.05) is 36.8 Å². The second-order valence-electron chi connectivity index (χ2n) is 9.73. The van der Waals surface area contributed by atoms with Gasteiger partial charge in [0, 0.05) is 35.0 Å². The predicted molar refractivity (Wildman–Crippen MR) is 135 cm³/mol. The number of halogens is 1. The Balaban J connectivity index is 1.40. The van der Waals surface area contributed by atoms with E-state index in [1.165, 1.54) is 23.6 Å². The quantitative estimate of drug-likeness (QED) is 0.281. The summed E-state index contributed by atoms with van der Waals surface area (Å²) in [5.74, 6) is 1.07. The first-order chi connectivity index (χ1) is 14.7. The van der Waals surface area contributed by atoms with Crippen LogP contribution >= 0.6 is 22.9 Å². The highest BCUT2D eigenvalue weighted by Gasteiger charge is 2.51. The average Bonchev–Trinajstić information content (AvgIpc) is 3.30. The molecule has 3 heterocycles. The predicted octanol–water partition coefficient (Wildman–Crippen LogP) is 5.41. The molecule has 2 aliphatic rings. The summed E-state index contributed by atoms with van der Waals surface area (Å²) in [4.78, 5) is 8.28. The van der Waals surface area contributed by atoms with Crippen molar-refractivity contribution in [1.82, 2.24) is 13.1 Å². The first-order valence-corrected chi connectivity index (χ1v) is 12.1. The van der Waals surface area contributed by atoms with Gasteiger partial charge in [-0.15, -0.1) is 0 Å². The van der Waals surface area contributed by atoms with Gasteiger partial charge in [-0.3, -0.25) is 0 Å². The molecule has 2 fully saturated rings. The SMILES string of the molecule is CC1(C)OB(c2ccc3cc(-c4cnc(C5CCCCN5I)[nH]4)ccc3c2)OC1(C)C. The zero-order valence-corrected chi connectivity index (χ0v) is 20.8. The fourth-order valence-corrected chi connectivity index (χ4v) is 5.26. The second kappa shape index (κ2) is 7.87. The normalized spacial score (nSPS) is 23.5.